The molecule has 0 fully saturated rings. The fourth-order valence-corrected chi connectivity index (χ4v) is 1.44. The van der Waals surface area contributed by atoms with Gasteiger partial charge < -0.3 is 0 Å². The van der Waals surface area contributed by atoms with E-state index < -0.39 is 4.92 Å². The number of hydrogen-bond acceptors (Lipinski definition) is 4. The highest BCUT2D eigenvalue weighted by molar-refractivity contribution is 5.82. The molecule has 0 saturated heterocycles. The molecule has 0 bridgehead atoms. The number of nitrogens with zero attached hydrogens (tertiary/aromatic N) is 2. The van der Waals surface area contributed by atoms with E-state index in [1.165, 1.54) is 6.07 Å². The van der Waals surface area contributed by atoms with Gasteiger partial charge in [-0.1, -0.05) is 26.0 Å². The van der Waals surface area contributed by atoms with Crippen molar-refractivity contribution in [2.75, 3.05) is 5.43 Å². The number of rotatable bonds is 6. The summed E-state index contributed by atoms with van der Waals surface area (Å²) in [5.41, 5.74) is 4.17. The molecule has 98 valence electrons. The molecule has 0 atom stereocenters. The van der Waals surface area contributed by atoms with E-state index in [9.17, 15) is 10.1 Å². The van der Waals surface area contributed by atoms with E-state index >= 15 is 0 Å². The van der Waals surface area contributed by atoms with Gasteiger partial charge in [-0.2, -0.15) is 5.10 Å². The minimum absolute atomic E-state index is 0.0397. The summed E-state index contributed by atoms with van der Waals surface area (Å²) in [7, 11) is 0. The normalized spacial score (nSPS) is 11.7. The third-order valence-electron chi connectivity index (χ3n) is 2.55. The molecule has 0 aliphatic carbocycles. The van der Waals surface area contributed by atoms with Crippen molar-refractivity contribution in [1.29, 1.82) is 0 Å². The highest BCUT2D eigenvalue weighted by atomic mass is 16.6. The highest BCUT2D eigenvalue weighted by Crippen LogP contribution is 2.23. The Balaban J connectivity index is 2.68. The molecule has 0 saturated carbocycles. The van der Waals surface area contributed by atoms with Crippen LogP contribution in [0.25, 0.3) is 0 Å². The molecule has 0 unspecified atom stereocenters. The topological polar surface area (TPSA) is 67.5 Å². The van der Waals surface area contributed by atoms with Gasteiger partial charge in [0, 0.05) is 11.8 Å². The maximum Gasteiger partial charge on any atom is 0.294 e. The van der Waals surface area contributed by atoms with Crippen molar-refractivity contribution >= 4 is 17.1 Å². The molecule has 1 rings (SSSR count). The fraction of sp³-hybridized carbons (Fsp3) is 0.462. The van der Waals surface area contributed by atoms with Crippen LogP contribution in [-0.4, -0.2) is 10.6 Å². The van der Waals surface area contributed by atoms with Gasteiger partial charge in [0.2, 0.25) is 0 Å². The Kier molecular flexibility index (Phi) is 5.30. The van der Waals surface area contributed by atoms with Gasteiger partial charge in [-0.15, -0.1) is 0 Å². The lowest BCUT2D eigenvalue weighted by molar-refractivity contribution is -0.384. The minimum atomic E-state index is -0.415. The lowest BCUT2D eigenvalue weighted by Gasteiger charge is -2.05. The number of anilines is 1. The summed E-state index contributed by atoms with van der Waals surface area (Å²) in [5, 5.41) is 15.0. The van der Waals surface area contributed by atoms with E-state index in [-0.39, 0.29) is 5.69 Å². The first-order chi connectivity index (χ1) is 8.50. The monoisotopic (exact) mass is 249 g/mol. The largest absolute Gasteiger partial charge is 0.294 e. The van der Waals surface area contributed by atoms with E-state index in [0.29, 0.717) is 11.6 Å². The Hall–Kier alpha value is -1.91. The molecule has 0 radical (unpaired) electrons. The lowest BCUT2D eigenvalue weighted by Crippen LogP contribution is -2.01. The summed E-state index contributed by atoms with van der Waals surface area (Å²) in [6.07, 6.45) is 1.96. The molecule has 18 heavy (non-hydrogen) atoms. The van der Waals surface area contributed by atoms with Gasteiger partial charge in [-0.3, -0.25) is 15.5 Å². The number of benzene rings is 1. The molecule has 5 nitrogen and oxygen atoms in total. The maximum atomic E-state index is 10.8. The second-order valence-corrected chi connectivity index (χ2v) is 4.67. The van der Waals surface area contributed by atoms with Crippen LogP contribution in [0.15, 0.2) is 29.4 Å². The molecule has 1 N–H and O–H groups in total. The smallest absolute Gasteiger partial charge is 0.272 e. The molecule has 0 aromatic heterocycles. The molecule has 1 aromatic carbocycles. The molecule has 1 aromatic rings. The van der Waals surface area contributed by atoms with Crippen molar-refractivity contribution in [3.63, 3.8) is 0 Å². The third-order valence-corrected chi connectivity index (χ3v) is 2.55. The minimum Gasteiger partial charge on any atom is -0.272 e. The van der Waals surface area contributed by atoms with Gasteiger partial charge in [0.25, 0.3) is 5.69 Å². The number of nitro benzene ring substituents is 1. The summed E-state index contributed by atoms with van der Waals surface area (Å²) in [5.74, 6) is 0.626. The Bertz CT molecular complexity index is 442. The second-order valence-electron chi connectivity index (χ2n) is 4.67. The van der Waals surface area contributed by atoms with E-state index in [2.05, 4.69) is 24.4 Å². The van der Waals surface area contributed by atoms with Gasteiger partial charge in [0.05, 0.1) is 4.92 Å². The Labute approximate surface area is 107 Å². The van der Waals surface area contributed by atoms with Crippen molar-refractivity contribution < 1.29 is 4.92 Å². The molecule has 0 aliphatic heterocycles. The van der Waals surface area contributed by atoms with Crippen LogP contribution in [0.1, 0.15) is 33.6 Å². The fourth-order valence-electron chi connectivity index (χ4n) is 1.44. The van der Waals surface area contributed by atoms with Gasteiger partial charge in [0.1, 0.15) is 5.69 Å². The zero-order valence-corrected chi connectivity index (χ0v) is 11.0. The second kappa shape index (κ2) is 6.74. The molecule has 0 spiro atoms. The predicted octanol–water partition coefficient (Wildman–Crippen LogP) is 3.82. The van der Waals surface area contributed by atoms with Gasteiger partial charge >= 0.3 is 0 Å². The summed E-state index contributed by atoms with van der Waals surface area (Å²) >= 11 is 0. The summed E-state index contributed by atoms with van der Waals surface area (Å²) < 4.78 is 0. The first kappa shape index (κ1) is 14.2. The van der Waals surface area contributed by atoms with E-state index in [1.807, 2.05) is 6.92 Å². The van der Waals surface area contributed by atoms with Crippen LogP contribution in [0.2, 0.25) is 0 Å². The number of hydrazone groups is 1. The Morgan fingerprint density at radius 3 is 2.72 bits per heavy atom. The molecule has 0 heterocycles. The van der Waals surface area contributed by atoms with Crippen LogP contribution in [0.3, 0.4) is 0 Å². The van der Waals surface area contributed by atoms with Gasteiger partial charge in [0.15, 0.2) is 0 Å². The van der Waals surface area contributed by atoms with E-state index in [1.54, 1.807) is 18.2 Å². The van der Waals surface area contributed by atoms with Gasteiger partial charge in [-0.05, 0) is 31.7 Å². The first-order valence-corrected chi connectivity index (χ1v) is 6.03. The zero-order valence-electron chi connectivity index (χ0n) is 11.0. The summed E-state index contributed by atoms with van der Waals surface area (Å²) in [6, 6.07) is 6.49. The Morgan fingerprint density at radius 2 is 2.11 bits per heavy atom. The van der Waals surface area contributed by atoms with Crippen LogP contribution >= 0.6 is 0 Å². The van der Waals surface area contributed by atoms with Crippen LogP contribution in [0, 0.1) is 16.0 Å². The summed E-state index contributed by atoms with van der Waals surface area (Å²) in [6.45, 7) is 6.23. The highest BCUT2D eigenvalue weighted by Gasteiger charge is 2.11. The third kappa shape index (κ3) is 4.53. The number of nitrogens with one attached hydrogen (secondary N) is 1. The van der Waals surface area contributed by atoms with Crippen molar-refractivity contribution in [3.05, 3.63) is 34.4 Å². The molecule has 0 amide bonds. The molecule has 5 heteroatoms. The van der Waals surface area contributed by atoms with Crippen LogP contribution in [-0.2, 0) is 0 Å². The zero-order chi connectivity index (χ0) is 13.5. The maximum absolute atomic E-state index is 10.8. The lowest BCUT2D eigenvalue weighted by atomic mass is 10.1. The molecular weight excluding hydrogens is 230 g/mol. The van der Waals surface area contributed by atoms with Crippen molar-refractivity contribution in [1.82, 2.24) is 0 Å². The molecular formula is C13H19N3O2. The van der Waals surface area contributed by atoms with Crippen molar-refractivity contribution in [3.8, 4) is 0 Å². The average molecular weight is 249 g/mol. The van der Waals surface area contributed by atoms with Crippen LogP contribution in [0.5, 0.6) is 0 Å². The number of hydrogen-bond donors (Lipinski definition) is 1. The van der Waals surface area contributed by atoms with Crippen LogP contribution in [0.4, 0.5) is 11.4 Å². The van der Waals surface area contributed by atoms with E-state index in [0.717, 1.165) is 18.6 Å². The number of para-hydroxylation sites is 2. The Morgan fingerprint density at radius 1 is 1.44 bits per heavy atom. The summed E-state index contributed by atoms with van der Waals surface area (Å²) in [4.78, 5) is 10.4. The van der Waals surface area contributed by atoms with Crippen LogP contribution < -0.4 is 5.43 Å². The van der Waals surface area contributed by atoms with Crippen molar-refractivity contribution in [2.45, 2.75) is 33.6 Å². The van der Waals surface area contributed by atoms with E-state index in [4.69, 9.17) is 0 Å². The average Bonchev–Trinajstić information content (AvgIpc) is 2.34. The standard InChI is InChI=1S/C13H19N3O2/c1-10(2)8-9-11(3)14-15-12-6-4-5-7-13(12)16(17)18/h4-7,10,15H,8-9H2,1-3H3/b14-11+. The SMILES string of the molecule is C/C(CCC(C)C)=N\Nc1ccccc1[N+](=O)[O-]. The predicted molar refractivity (Wildman–Crippen MR) is 73.9 cm³/mol. The first-order valence-electron chi connectivity index (χ1n) is 6.03. The quantitative estimate of drug-likeness (QED) is 0.473. The number of nitro groups is 1. The van der Waals surface area contributed by atoms with Crippen molar-refractivity contribution in [2.24, 2.45) is 11.0 Å². The van der Waals surface area contributed by atoms with Gasteiger partial charge in [-0.25, -0.2) is 0 Å². The molecule has 0 aliphatic rings.